The first kappa shape index (κ1) is 12.3. The zero-order chi connectivity index (χ0) is 12.8. The van der Waals surface area contributed by atoms with Crippen LogP contribution in [0.3, 0.4) is 0 Å². The third-order valence-corrected chi connectivity index (χ3v) is 2.20. The molecule has 2 rings (SSSR count). The SMILES string of the molecule is CCOc1cccc(Oc2ccc(CO)nn2)c1. The van der Waals surface area contributed by atoms with E-state index in [-0.39, 0.29) is 6.61 Å². The minimum Gasteiger partial charge on any atom is -0.494 e. The van der Waals surface area contributed by atoms with Crippen molar-refractivity contribution in [1.82, 2.24) is 10.2 Å². The molecule has 0 aliphatic rings. The highest BCUT2D eigenvalue weighted by Crippen LogP contribution is 2.23. The van der Waals surface area contributed by atoms with E-state index in [4.69, 9.17) is 14.6 Å². The molecule has 0 saturated heterocycles. The van der Waals surface area contributed by atoms with E-state index in [0.29, 0.717) is 23.9 Å². The van der Waals surface area contributed by atoms with Crippen molar-refractivity contribution in [3.63, 3.8) is 0 Å². The molecule has 5 heteroatoms. The van der Waals surface area contributed by atoms with Crippen LogP contribution in [0.15, 0.2) is 36.4 Å². The van der Waals surface area contributed by atoms with Crippen LogP contribution in [0.25, 0.3) is 0 Å². The van der Waals surface area contributed by atoms with Gasteiger partial charge < -0.3 is 14.6 Å². The number of nitrogens with zero attached hydrogens (tertiary/aromatic N) is 2. The van der Waals surface area contributed by atoms with Crippen LogP contribution < -0.4 is 9.47 Å². The second-order valence-corrected chi connectivity index (χ2v) is 3.53. The molecule has 0 spiro atoms. The third-order valence-electron chi connectivity index (χ3n) is 2.20. The smallest absolute Gasteiger partial charge is 0.238 e. The highest BCUT2D eigenvalue weighted by molar-refractivity contribution is 5.35. The molecule has 0 fully saturated rings. The van der Waals surface area contributed by atoms with E-state index in [1.165, 1.54) is 0 Å². The van der Waals surface area contributed by atoms with Crippen LogP contribution >= 0.6 is 0 Å². The van der Waals surface area contributed by atoms with Crippen LogP contribution in [0.5, 0.6) is 17.4 Å². The topological polar surface area (TPSA) is 64.5 Å². The second-order valence-electron chi connectivity index (χ2n) is 3.53. The Kier molecular flexibility index (Phi) is 4.09. The molecular formula is C13H14N2O3. The minimum absolute atomic E-state index is 0.132. The molecule has 0 atom stereocenters. The molecule has 0 radical (unpaired) electrons. The second kappa shape index (κ2) is 5.97. The fourth-order valence-corrected chi connectivity index (χ4v) is 1.40. The Labute approximate surface area is 105 Å². The first-order chi connectivity index (χ1) is 8.81. The summed E-state index contributed by atoms with van der Waals surface area (Å²) in [5.74, 6) is 1.75. The molecule has 2 aromatic rings. The molecule has 0 aliphatic heterocycles. The van der Waals surface area contributed by atoms with E-state index >= 15 is 0 Å². The first-order valence-corrected chi connectivity index (χ1v) is 5.66. The molecule has 1 aromatic heterocycles. The summed E-state index contributed by atoms with van der Waals surface area (Å²) in [4.78, 5) is 0. The maximum Gasteiger partial charge on any atom is 0.238 e. The van der Waals surface area contributed by atoms with Gasteiger partial charge in [-0.3, -0.25) is 0 Å². The summed E-state index contributed by atoms with van der Waals surface area (Å²) in [6.45, 7) is 2.40. The number of aliphatic hydroxyl groups is 1. The van der Waals surface area contributed by atoms with Crippen LogP contribution in [0.2, 0.25) is 0 Å². The van der Waals surface area contributed by atoms with Gasteiger partial charge in [-0.2, -0.15) is 0 Å². The van der Waals surface area contributed by atoms with E-state index in [9.17, 15) is 0 Å². The number of hydrogen-bond donors (Lipinski definition) is 1. The lowest BCUT2D eigenvalue weighted by Gasteiger charge is -2.07. The van der Waals surface area contributed by atoms with Crippen LogP contribution in [-0.2, 0) is 6.61 Å². The Hall–Kier alpha value is -2.14. The Morgan fingerprint density at radius 3 is 2.61 bits per heavy atom. The van der Waals surface area contributed by atoms with Crippen molar-refractivity contribution in [2.75, 3.05) is 6.61 Å². The predicted octanol–water partition coefficient (Wildman–Crippen LogP) is 2.16. The van der Waals surface area contributed by atoms with Gasteiger partial charge in [0.15, 0.2) is 0 Å². The van der Waals surface area contributed by atoms with Crippen LogP contribution in [-0.4, -0.2) is 21.9 Å². The summed E-state index contributed by atoms with van der Waals surface area (Å²) in [5, 5.41) is 16.5. The summed E-state index contributed by atoms with van der Waals surface area (Å²) >= 11 is 0. The standard InChI is InChI=1S/C13H14N2O3/c1-2-17-11-4-3-5-12(8-11)18-13-7-6-10(9-16)14-15-13/h3-8,16H,2,9H2,1H3. The van der Waals surface area contributed by atoms with Gasteiger partial charge >= 0.3 is 0 Å². The normalized spacial score (nSPS) is 10.1. The Morgan fingerprint density at radius 2 is 1.94 bits per heavy atom. The van der Waals surface area contributed by atoms with Crippen LogP contribution in [0.1, 0.15) is 12.6 Å². The van der Waals surface area contributed by atoms with Crippen LogP contribution in [0.4, 0.5) is 0 Å². The van der Waals surface area contributed by atoms with Crippen LogP contribution in [0, 0.1) is 0 Å². The van der Waals surface area contributed by atoms with Crippen molar-refractivity contribution >= 4 is 0 Å². The van der Waals surface area contributed by atoms with Gasteiger partial charge in [0.05, 0.1) is 18.9 Å². The summed E-state index contributed by atoms with van der Waals surface area (Å²) in [6.07, 6.45) is 0. The molecule has 0 amide bonds. The molecular weight excluding hydrogens is 232 g/mol. The molecule has 1 N–H and O–H groups in total. The van der Waals surface area contributed by atoms with Gasteiger partial charge in [0.25, 0.3) is 0 Å². The molecule has 18 heavy (non-hydrogen) atoms. The van der Waals surface area contributed by atoms with Crippen molar-refractivity contribution < 1.29 is 14.6 Å². The molecule has 0 bridgehead atoms. The maximum absolute atomic E-state index is 8.85. The Morgan fingerprint density at radius 1 is 1.11 bits per heavy atom. The van der Waals surface area contributed by atoms with Crippen molar-refractivity contribution in [1.29, 1.82) is 0 Å². The fourth-order valence-electron chi connectivity index (χ4n) is 1.40. The largest absolute Gasteiger partial charge is 0.494 e. The lowest BCUT2D eigenvalue weighted by atomic mass is 10.3. The van der Waals surface area contributed by atoms with Crippen molar-refractivity contribution in [2.24, 2.45) is 0 Å². The highest BCUT2D eigenvalue weighted by Gasteiger charge is 2.01. The number of hydrogen-bond acceptors (Lipinski definition) is 5. The average molecular weight is 246 g/mol. The van der Waals surface area contributed by atoms with E-state index < -0.39 is 0 Å². The molecule has 0 unspecified atom stereocenters. The molecule has 5 nitrogen and oxygen atoms in total. The predicted molar refractivity (Wildman–Crippen MR) is 65.6 cm³/mol. The van der Waals surface area contributed by atoms with Crippen molar-refractivity contribution in [3.8, 4) is 17.4 Å². The fraction of sp³-hybridized carbons (Fsp3) is 0.231. The molecule has 1 aromatic carbocycles. The van der Waals surface area contributed by atoms with Crippen molar-refractivity contribution in [3.05, 3.63) is 42.1 Å². The van der Waals surface area contributed by atoms with Gasteiger partial charge in [-0.15, -0.1) is 10.2 Å². The van der Waals surface area contributed by atoms with E-state index in [2.05, 4.69) is 10.2 Å². The van der Waals surface area contributed by atoms with Gasteiger partial charge in [-0.25, -0.2) is 0 Å². The van der Waals surface area contributed by atoms with Gasteiger partial charge in [0.2, 0.25) is 5.88 Å². The number of benzene rings is 1. The summed E-state index contributed by atoms with van der Waals surface area (Å²) in [7, 11) is 0. The molecule has 1 heterocycles. The monoisotopic (exact) mass is 246 g/mol. The lowest BCUT2D eigenvalue weighted by Crippen LogP contribution is -1.95. The number of aliphatic hydroxyl groups excluding tert-OH is 1. The quantitative estimate of drug-likeness (QED) is 0.875. The maximum atomic E-state index is 8.85. The van der Waals surface area contributed by atoms with E-state index in [1.807, 2.05) is 25.1 Å². The lowest BCUT2D eigenvalue weighted by molar-refractivity contribution is 0.274. The third kappa shape index (κ3) is 3.18. The zero-order valence-electron chi connectivity index (χ0n) is 10.0. The van der Waals surface area contributed by atoms with Gasteiger partial charge in [-0.1, -0.05) is 6.07 Å². The van der Waals surface area contributed by atoms with Gasteiger partial charge in [0.1, 0.15) is 11.5 Å². The number of ether oxygens (including phenoxy) is 2. The molecule has 0 aliphatic carbocycles. The van der Waals surface area contributed by atoms with Gasteiger partial charge in [0, 0.05) is 12.1 Å². The zero-order valence-corrected chi connectivity index (χ0v) is 10.0. The Balaban J connectivity index is 2.09. The van der Waals surface area contributed by atoms with Gasteiger partial charge in [-0.05, 0) is 25.1 Å². The minimum atomic E-state index is -0.132. The van der Waals surface area contributed by atoms with E-state index in [0.717, 1.165) is 5.75 Å². The molecule has 94 valence electrons. The van der Waals surface area contributed by atoms with Crippen molar-refractivity contribution in [2.45, 2.75) is 13.5 Å². The summed E-state index contributed by atoms with van der Waals surface area (Å²) in [6, 6.07) is 10.6. The summed E-state index contributed by atoms with van der Waals surface area (Å²) < 4.78 is 10.9. The van der Waals surface area contributed by atoms with E-state index in [1.54, 1.807) is 18.2 Å². The summed E-state index contributed by atoms with van der Waals surface area (Å²) in [5.41, 5.74) is 0.505. The Bertz CT molecular complexity index is 500. The molecule has 0 saturated carbocycles. The number of rotatable bonds is 5. The highest BCUT2D eigenvalue weighted by atomic mass is 16.5. The number of aromatic nitrogens is 2. The average Bonchev–Trinajstić information content (AvgIpc) is 2.40. The first-order valence-electron chi connectivity index (χ1n) is 5.66.